The van der Waals surface area contributed by atoms with Crippen LogP contribution in [0.25, 0.3) is 11.8 Å². The monoisotopic (exact) mass is 451 g/mol. The summed E-state index contributed by atoms with van der Waals surface area (Å²) in [6.07, 6.45) is 5.49. The highest BCUT2D eigenvalue weighted by Crippen LogP contribution is 2.37. The van der Waals surface area contributed by atoms with E-state index in [1.165, 1.54) is 11.3 Å². The molecule has 1 aliphatic rings. The fourth-order valence-corrected chi connectivity index (χ4v) is 5.50. The van der Waals surface area contributed by atoms with E-state index in [-0.39, 0.29) is 5.57 Å². The first kappa shape index (κ1) is 22.1. The number of thiophene rings is 1. The molecule has 0 unspecified atom stereocenters. The van der Waals surface area contributed by atoms with Gasteiger partial charge >= 0.3 is 0 Å². The molecule has 0 radical (unpaired) electrons. The largest absolute Gasteiger partial charge is 0.318 e. The van der Waals surface area contributed by atoms with Crippen molar-refractivity contribution in [1.82, 2.24) is 4.57 Å². The molecule has 6 nitrogen and oxygen atoms in total. The van der Waals surface area contributed by atoms with Crippen molar-refractivity contribution in [2.45, 2.75) is 39.5 Å². The lowest BCUT2D eigenvalue weighted by Gasteiger charge is -2.09. The first-order chi connectivity index (χ1) is 16.0. The summed E-state index contributed by atoms with van der Waals surface area (Å²) < 4.78 is 2.01. The lowest BCUT2D eigenvalue weighted by atomic mass is 9.96. The van der Waals surface area contributed by atoms with E-state index in [4.69, 9.17) is 5.26 Å². The fourth-order valence-electron chi connectivity index (χ4n) is 4.26. The van der Waals surface area contributed by atoms with Gasteiger partial charge in [0.15, 0.2) is 0 Å². The SMILES string of the molecule is Cc1cc(/C=C(\C#N)C(=O)Nc2sc3c(c2C#N)CCCC3)c(C)n1-c1ccc(C#N)cc1. The number of hydrogen-bond acceptors (Lipinski definition) is 5. The van der Waals surface area contributed by atoms with Crippen LogP contribution in [0.2, 0.25) is 0 Å². The smallest absolute Gasteiger partial charge is 0.266 e. The van der Waals surface area contributed by atoms with Gasteiger partial charge in [0.2, 0.25) is 0 Å². The third kappa shape index (κ3) is 4.17. The summed E-state index contributed by atoms with van der Waals surface area (Å²) in [5, 5.41) is 31.7. The minimum absolute atomic E-state index is 0.0228. The highest BCUT2D eigenvalue weighted by atomic mass is 32.1. The lowest BCUT2D eigenvalue weighted by molar-refractivity contribution is -0.112. The Labute approximate surface area is 196 Å². The van der Waals surface area contributed by atoms with Gasteiger partial charge in [-0.25, -0.2) is 0 Å². The van der Waals surface area contributed by atoms with Crippen molar-refractivity contribution in [2.75, 3.05) is 5.32 Å². The number of aromatic nitrogens is 1. The lowest BCUT2D eigenvalue weighted by Crippen LogP contribution is -2.13. The Hall–Kier alpha value is -4.12. The zero-order chi connectivity index (χ0) is 23.5. The summed E-state index contributed by atoms with van der Waals surface area (Å²) in [5.41, 5.74) is 5.60. The summed E-state index contributed by atoms with van der Waals surface area (Å²) in [6.45, 7) is 3.87. The summed E-state index contributed by atoms with van der Waals surface area (Å²) in [7, 11) is 0. The predicted octanol–water partition coefficient (Wildman–Crippen LogP) is 5.32. The van der Waals surface area contributed by atoms with Gasteiger partial charge in [-0.1, -0.05) is 0 Å². The molecule has 1 aliphatic carbocycles. The molecule has 162 valence electrons. The molecule has 0 aliphatic heterocycles. The van der Waals surface area contributed by atoms with Crippen LogP contribution in [-0.4, -0.2) is 10.5 Å². The highest BCUT2D eigenvalue weighted by molar-refractivity contribution is 7.16. The minimum atomic E-state index is -0.518. The van der Waals surface area contributed by atoms with Gasteiger partial charge in [0.05, 0.1) is 17.2 Å². The number of nitrogens with zero attached hydrogens (tertiary/aromatic N) is 4. The number of carbonyl (C=O) groups excluding carboxylic acids is 1. The maximum Gasteiger partial charge on any atom is 0.266 e. The molecule has 0 bridgehead atoms. The Morgan fingerprint density at radius 2 is 1.82 bits per heavy atom. The number of nitriles is 3. The van der Waals surface area contributed by atoms with Crippen molar-refractivity contribution >= 4 is 28.3 Å². The number of amides is 1. The molecule has 7 heteroatoms. The third-order valence-electron chi connectivity index (χ3n) is 5.90. The Kier molecular flexibility index (Phi) is 6.13. The molecular weight excluding hydrogens is 430 g/mol. The molecule has 0 fully saturated rings. The average Bonchev–Trinajstić information content (AvgIpc) is 3.32. The number of benzene rings is 1. The standard InChI is InChI=1S/C26H21N5OS/c1-16-11-19(17(2)31(16)21-9-7-18(13-27)8-10-21)12-20(14-28)25(32)30-26-23(15-29)22-5-3-4-6-24(22)33-26/h7-12H,3-6H2,1-2H3,(H,30,32)/b20-12+. The molecule has 0 saturated carbocycles. The summed E-state index contributed by atoms with van der Waals surface area (Å²) >= 11 is 1.44. The molecule has 2 aromatic heterocycles. The summed E-state index contributed by atoms with van der Waals surface area (Å²) in [4.78, 5) is 14.1. The van der Waals surface area contributed by atoms with Gasteiger partial charge in [-0.15, -0.1) is 11.3 Å². The number of rotatable bonds is 4. The molecule has 0 saturated heterocycles. The number of carbonyl (C=O) groups is 1. The van der Waals surface area contributed by atoms with Crippen molar-refractivity contribution in [3.05, 3.63) is 74.4 Å². The van der Waals surface area contributed by atoms with E-state index in [2.05, 4.69) is 17.5 Å². The van der Waals surface area contributed by atoms with Crippen LogP contribution in [0.4, 0.5) is 5.00 Å². The fraction of sp³-hybridized carbons (Fsp3) is 0.231. The van der Waals surface area contributed by atoms with Crippen molar-refractivity contribution in [3.8, 4) is 23.9 Å². The molecule has 1 amide bonds. The quantitative estimate of drug-likeness (QED) is 0.428. The van der Waals surface area contributed by atoms with Gasteiger partial charge in [0, 0.05) is 22.0 Å². The Balaban J connectivity index is 1.64. The number of fused-ring (bicyclic) bond motifs is 1. The Morgan fingerprint density at radius 1 is 1.09 bits per heavy atom. The van der Waals surface area contributed by atoms with Gasteiger partial charge in [0.1, 0.15) is 22.7 Å². The van der Waals surface area contributed by atoms with Crippen LogP contribution in [0.15, 0.2) is 35.9 Å². The second kappa shape index (κ2) is 9.17. The van der Waals surface area contributed by atoms with Crippen LogP contribution in [0.5, 0.6) is 0 Å². The zero-order valence-electron chi connectivity index (χ0n) is 18.4. The highest BCUT2D eigenvalue weighted by Gasteiger charge is 2.23. The van der Waals surface area contributed by atoms with Crippen LogP contribution in [0.3, 0.4) is 0 Å². The summed E-state index contributed by atoms with van der Waals surface area (Å²) in [6, 6.07) is 15.5. The average molecular weight is 452 g/mol. The van der Waals surface area contributed by atoms with Crippen LogP contribution in [0, 0.1) is 47.8 Å². The molecule has 3 aromatic rings. The second-order valence-corrected chi connectivity index (χ2v) is 9.08. The molecule has 33 heavy (non-hydrogen) atoms. The Morgan fingerprint density at radius 3 is 2.48 bits per heavy atom. The van der Waals surface area contributed by atoms with E-state index in [1.54, 1.807) is 18.2 Å². The van der Waals surface area contributed by atoms with E-state index >= 15 is 0 Å². The number of hydrogen-bond donors (Lipinski definition) is 1. The number of aryl methyl sites for hydroxylation is 2. The van der Waals surface area contributed by atoms with Crippen molar-refractivity contribution in [1.29, 1.82) is 15.8 Å². The molecule has 0 atom stereocenters. The van der Waals surface area contributed by atoms with E-state index < -0.39 is 5.91 Å². The topological polar surface area (TPSA) is 105 Å². The van der Waals surface area contributed by atoms with Gasteiger partial charge in [-0.2, -0.15) is 15.8 Å². The van der Waals surface area contributed by atoms with Crippen molar-refractivity contribution < 1.29 is 4.79 Å². The van der Waals surface area contributed by atoms with Crippen LogP contribution >= 0.6 is 11.3 Å². The van der Waals surface area contributed by atoms with Crippen LogP contribution in [-0.2, 0) is 17.6 Å². The molecule has 4 rings (SSSR count). The normalized spacial score (nSPS) is 12.9. The van der Waals surface area contributed by atoms with Crippen LogP contribution < -0.4 is 5.32 Å². The van der Waals surface area contributed by atoms with Gasteiger partial charge in [-0.3, -0.25) is 4.79 Å². The first-order valence-electron chi connectivity index (χ1n) is 10.6. The van der Waals surface area contributed by atoms with Crippen molar-refractivity contribution in [2.24, 2.45) is 0 Å². The van der Waals surface area contributed by atoms with E-state index in [1.807, 2.05) is 42.7 Å². The van der Waals surface area contributed by atoms with Gasteiger partial charge in [0.25, 0.3) is 5.91 Å². The minimum Gasteiger partial charge on any atom is -0.318 e. The summed E-state index contributed by atoms with van der Waals surface area (Å²) in [5.74, 6) is -0.518. The van der Waals surface area contributed by atoms with E-state index in [0.717, 1.165) is 58.8 Å². The maximum absolute atomic E-state index is 12.9. The number of anilines is 1. The molecule has 1 aromatic carbocycles. The maximum atomic E-state index is 12.9. The predicted molar refractivity (Wildman–Crippen MR) is 128 cm³/mol. The van der Waals surface area contributed by atoms with Gasteiger partial charge in [-0.05, 0) is 87.1 Å². The molecule has 1 N–H and O–H groups in total. The van der Waals surface area contributed by atoms with E-state index in [9.17, 15) is 15.3 Å². The number of nitrogens with one attached hydrogen (secondary N) is 1. The van der Waals surface area contributed by atoms with Crippen molar-refractivity contribution in [3.63, 3.8) is 0 Å². The third-order valence-corrected chi connectivity index (χ3v) is 7.11. The molecular formula is C26H21N5OS. The second-order valence-electron chi connectivity index (χ2n) is 7.97. The molecule has 0 spiro atoms. The first-order valence-corrected chi connectivity index (χ1v) is 11.5. The Bertz CT molecular complexity index is 1400. The zero-order valence-corrected chi connectivity index (χ0v) is 19.2. The molecule has 2 heterocycles. The van der Waals surface area contributed by atoms with Gasteiger partial charge < -0.3 is 9.88 Å². The van der Waals surface area contributed by atoms with Crippen LogP contribution in [0.1, 0.15) is 51.4 Å². The van der Waals surface area contributed by atoms with E-state index in [0.29, 0.717) is 16.1 Å².